The summed E-state index contributed by atoms with van der Waals surface area (Å²) >= 11 is 4.37. The Morgan fingerprint density at radius 1 is 1.56 bits per heavy atom. The number of imidazole rings is 1. The zero-order valence-corrected chi connectivity index (χ0v) is 14.6. The van der Waals surface area contributed by atoms with Gasteiger partial charge in [0.1, 0.15) is 18.3 Å². The number of aliphatic hydroxyl groups excluding tert-OH is 1. The van der Waals surface area contributed by atoms with Gasteiger partial charge in [-0.2, -0.15) is 4.98 Å². The van der Waals surface area contributed by atoms with E-state index in [0.717, 1.165) is 0 Å². The van der Waals surface area contributed by atoms with Gasteiger partial charge in [0.15, 0.2) is 17.4 Å². The molecule has 12 nitrogen and oxygen atoms in total. The highest BCUT2D eigenvalue weighted by Crippen LogP contribution is 2.39. The fraction of sp³-hybridized carbons (Fsp3) is 0.545. The number of fused-ring (bicyclic) bond motifs is 1. The van der Waals surface area contributed by atoms with Crippen molar-refractivity contribution in [2.75, 3.05) is 19.5 Å². The molecule has 0 bridgehead atoms. The second-order valence-corrected chi connectivity index (χ2v) is 7.98. The normalized spacial score (nSPS) is 27.2. The smallest absolute Gasteiger partial charge is 0.321 e. The van der Waals surface area contributed by atoms with E-state index in [4.69, 9.17) is 29.5 Å². The minimum atomic E-state index is -3.90. The number of rotatable bonds is 5. The minimum Gasteiger partial charge on any atom is -0.387 e. The van der Waals surface area contributed by atoms with Crippen molar-refractivity contribution in [3.05, 3.63) is 16.7 Å². The highest BCUT2D eigenvalue weighted by Gasteiger charge is 2.46. The van der Waals surface area contributed by atoms with E-state index >= 15 is 0 Å². The van der Waals surface area contributed by atoms with Crippen LogP contribution >= 0.6 is 6.72 Å². The number of nitrogens with two attached hydrogens (primary N) is 1. The molecule has 0 spiro atoms. The maximum atomic E-state index is 11.9. The Balaban J connectivity index is 1.94. The van der Waals surface area contributed by atoms with Gasteiger partial charge in [0.05, 0.1) is 12.9 Å². The number of ether oxygens (including phenoxy) is 2. The number of aromatic nitrogens is 4. The fourth-order valence-corrected chi connectivity index (χ4v) is 3.16. The van der Waals surface area contributed by atoms with Crippen molar-refractivity contribution in [3.63, 3.8) is 0 Å². The predicted molar refractivity (Wildman–Crippen MR) is 87.9 cm³/mol. The fourth-order valence-electron chi connectivity index (χ4n) is 2.63. The van der Waals surface area contributed by atoms with Crippen molar-refractivity contribution in [1.82, 2.24) is 19.5 Å². The van der Waals surface area contributed by atoms with E-state index in [1.165, 1.54) is 18.0 Å². The molecule has 1 saturated heterocycles. The first-order valence-corrected chi connectivity index (χ1v) is 9.62. The number of hydrogen-bond acceptors (Lipinski definition) is 9. The van der Waals surface area contributed by atoms with Gasteiger partial charge < -0.3 is 34.6 Å². The Morgan fingerprint density at radius 3 is 2.92 bits per heavy atom. The molecule has 1 aliphatic rings. The summed E-state index contributed by atoms with van der Waals surface area (Å²) < 4.78 is 17.1. The number of aromatic amines is 1. The molecule has 25 heavy (non-hydrogen) atoms. The number of hydrogen-bond donors (Lipinski definition) is 5. The van der Waals surface area contributed by atoms with Gasteiger partial charge in [-0.05, 0) is 11.8 Å². The van der Waals surface area contributed by atoms with Crippen LogP contribution in [-0.2, 0) is 25.8 Å². The van der Waals surface area contributed by atoms with Gasteiger partial charge in [-0.3, -0.25) is 14.3 Å². The Morgan fingerprint density at radius 2 is 2.28 bits per heavy atom. The maximum Gasteiger partial charge on any atom is 0.321 e. The van der Waals surface area contributed by atoms with E-state index in [9.17, 15) is 9.90 Å². The van der Waals surface area contributed by atoms with E-state index < -0.39 is 36.8 Å². The zero-order chi connectivity index (χ0) is 18.4. The van der Waals surface area contributed by atoms with Crippen LogP contribution in [0.5, 0.6) is 0 Å². The van der Waals surface area contributed by atoms with E-state index in [0.29, 0.717) is 0 Å². The number of H-pyrrole nitrogens is 1. The average molecular weight is 393 g/mol. The topological polar surface area (TPSA) is 178 Å². The van der Waals surface area contributed by atoms with Crippen LogP contribution in [-0.4, -0.2) is 66.4 Å². The molecule has 1 aliphatic heterocycles. The average Bonchev–Trinajstić information content (AvgIpc) is 3.05. The SMILES string of the molecule is CO[C@@H]1[C@H](O)[C@@H](COP(O)(O)=S)O[C@H]1n1cnc2c(=O)[nH]c(N)nc21. The third-order valence-electron chi connectivity index (χ3n) is 3.72. The van der Waals surface area contributed by atoms with E-state index in [-0.39, 0.29) is 23.7 Å². The molecule has 2 aromatic rings. The van der Waals surface area contributed by atoms with Crippen LogP contribution in [0.25, 0.3) is 11.2 Å². The molecule has 2 aromatic heterocycles. The van der Waals surface area contributed by atoms with Gasteiger partial charge in [-0.25, -0.2) is 4.98 Å². The highest BCUT2D eigenvalue weighted by molar-refractivity contribution is 8.06. The lowest BCUT2D eigenvalue weighted by atomic mass is 10.1. The molecule has 3 heterocycles. The lowest BCUT2D eigenvalue weighted by Crippen LogP contribution is -2.35. The molecule has 0 saturated carbocycles. The van der Waals surface area contributed by atoms with Crippen LogP contribution in [0.3, 0.4) is 0 Å². The van der Waals surface area contributed by atoms with Crippen molar-refractivity contribution in [1.29, 1.82) is 0 Å². The predicted octanol–water partition coefficient (Wildman–Crippen LogP) is -1.80. The van der Waals surface area contributed by atoms with Crippen LogP contribution < -0.4 is 11.3 Å². The summed E-state index contributed by atoms with van der Waals surface area (Å²) in [5.74, 6) is -0.104. The Hall–Kier alpha value is -1.44. The summed E-state index contributed by atoms with van der Waals surface area (Å²) in [5, 5.41) is 10.3. The quantitative estimate of drug-likeness (QED) is 0.362. The number of nitrogen functional groups attached to an aromatic ring is 1. The van der Waals surface area contributed by atoms with Crippen molar-refractivity contribution in [2.45, 2.75) is 24.5 Å². The zero-order valence-electron chi connectivity index (χ0n) is 12.8. The van der Waals surface area contributed by atoms with Crippen LogP contribution in [0.15, 0.2) is 11.1 Å². The number of aliphatic hydroxyl groups is 1. The van der Waals surface area contributed by atoms with Gasteiger partial charge in [0.25, 0.3) is 5.56 Å². The number of nitrogens with one attached hydrogen (secondary N) is 1. The van der Waals surface area contributed by atoms with Gasteiger partial charge in [0, 0.05) is 7.11 Å². The molecule has 0 radical (unpaired) electrons. The van der Waals surface area contributed by atoms with Crippen molar-refractivity contribution < 1.29 is 28.9 Å². The van der Waals surface area contributed by atoms with Gasteiger partial charge in [0.2, 0.25) is 5.95 Å². The van der Waals surface area contributed by atoms with Gasteiger partial charge >= 0.3 is 6.72 Å². The highest BCUT2D eigenvalue weighted by atomic mass is 32.5. The molecule has 0 amide bonds. The van der Waals surface area contributed by atoms with Crippen LogP contribution in [0.1, 0.15) is 6.23 Å². The Bertz CT molecular complexity index is 881. The summed E-state index contributed by atoms with van der Waals surface area (Å²) in [6, 6.07) is 0. The summed E-state index contributed by atoms with van der Waals surface area (Å²) in [4.78, 5) is 40.5. The largest absolute Gasteiger partial charge is 0.387 e. The first kappa shape index (κ1) is 18.4. The Labute approximate surface area is 145 Å². The molecule has 0 unspecified atom stereocenters. The first-order chi connectivity index (χ1) is 11.7. The van der Waals surface area contributed by atoms with Gasteiger partial charge in [-0.1, -0.05) is 0 Å². The molecule has 0 aliphatic carbocycles. The van der Waals surface area contributed by atoms with Crippen molar-refractivity contribution >= 4 is 35.6 Å². The molecule has 0 aromatic carbocycles. The van der Waals surface area contributed by atoms with Crippen LogP contribution in [0.4, 0.5) is 5.95 Å². The molecule has 138 valence electrons. The molecule has 14 heteroatoms. The summed E-state index contributed by atoms with van der Waals surface area (Å²) in [7, 11) is 1.36. The molecular weight excluding hydrogens is 377 g/mol. The number of methoxy groups -OCH3 is 1. The molecule has 4 atom stereocenters. The summed E-state index contributed by atoms with van der Waals surface area (Å²) in [6.45, 7) is -4.25. The molecule has 3 rings (SSSR count). The first-order valence-electron chi connectivity index (χ1n) is 7.00. The summed E-state index contributed by atoms with van der Waals surface area (Å²) in [5.41, 5.74) is 5.23. The number of nitrogens with zero attached hydrogens (tertiary/aromatic N) is 3. The van der Waals surface area contributed by atoms with Gasteiger partial charge in [-0.15, -0.1) is 0 Å². The van der Waals surface area contributed by atoms with Crippen molar-refractivity contribution in [3.8, 4) is 0 Å². The standard InChI is InChI=1S/C11H16N5O7PS/c1-21-7-6(17)4(2-22-24(19,20)25)23-10(7)16-3-13-5-8(16)14-11(12)15-9(5)18/h3-4,6-7,10,17H,2H2,1H3,(H2,19,20,25)(H3,12,14,15,18)/t4-,6-,7-,10-/m1/s1. The molecule has 1 fully saturated rings. The molecule has 6 N–H and O–H groups in total. The third kappa shape index (κ3) is 3.59. The molecular formula is C11H16N5O7PS. The minimum absolute atomic E-state index is 0.0445. The van der Waals surface area contributed by atoms with Crippen molar-refractivity contribution in [2.24, 2.45) is 0 Å². The van der Waals surface area contributed by atoms with Crippen LogP contribution in [0, 0.1) is 0 Å². The summed E-state index contributed by atoms with van der Waals surface area (Å²) in [6.07, 6.45) is -2.56. The lowest BCUT2D eigenvalue weighted by molar-refractivity contribution is -0.0567. The van der Waals surface area contributed by atoms with E-state index in [2.05, 4.69) is 26.8 Å². The van der Waals surface area contributed by atoms with E-state index in [1.54, 1.807) is 0 Å². The van der Waals surface area contributed by atoms with E-state index in [1.807, 2.05) is 0 Å². The Kier molecular flexibility index (Phi) is 4.92. The maximum absolute atomic E-state index is 11.9. The second kappa shape index (κ2) is 6.70. The second-order valence-electron chi connectivity index (χ2n) is 5.32. The lowest BCUT2D eigenvalue weighted by Gasteiger charge is -2.19. The number of anilines is 1. The van der Waals surface area contributed by atoms with Crippen LogP contribution in [0.2, 0.25) is 0 Å². The monoisotopic (exact) mass is 393 g/mol. The third-order valence-corrected chi connectivity index (χ3v) is 4.52.